The first kappa shape index (κ1) is 14.9. The Morgan fingerprint density at radius 3 is 2.33 bits per heavy atom. The molecule has 0 fully saturated rings. The number of ketones is 2. The zero-order valence-electron chi connectivity index (χ0n) is 10.1. The van der Waals surface area contributed by atoms with Crippen LogP contribution < -0.4 is 0 Å². The van der Waals surface area contributed by atoms with Gasteiger partial charge in [0.25, 0.3) is 0 Å². The lowest BCUT2D eigenvalue weighted by Gasteiger charge is -2.05. The van der Waals surface area contributed by atoms with Crippen molar-refractivity contribution in [1.82, 2.24) is 0 Å². The Hall–Kier alpha value is -1.20. The summed E-state index contributed by atoms with van der Waals surface area (Å²) in [7, 11) is -3.36. The van der Waals surface area contributed by atoms with Gasteiger partial charge in [0.2, 0.25) is 0 Å². The van der Waals surface area contributed by atoms with Crippen LogP contribution >= 0.6 is 11.6 Å². The van der Waals surface area contributed by atoms with Gasteiger partial charge in [-0.3, -0.25) is 9.59 Å². The number of Topliss-reactive ketones (excluding diaryl/α,β-unsaturated/α-hetero) is 2. The summed E-state index contributed by atoms with van der Waals surface area (Å²) in [5.41, 5.74) is 0.172. The summed E-state index contributed by atoms with van der Waals surface area (Å²) in [6.07, 6.45) is 1.12. The quantitative estimate of drug-likeness (QED) is 0.616. The Balaban J connectivity index is 3.07. The molecule has 0 bridgehead atoms. The SMILES string of the molecule is CCC(=O)CC(=O)c1ccc(S(C)(=O)=O)cc1Cl. The van der Waals surface area contributed by atoms with E-state index in [-0.39, 0.29) is 34.1 Å². The fourth-order valence-corrected chi connectivity index (χ4v) is 2.35. The average molecular weight is 289 g/mol. The molecular formula is C12H13ClO4S. The van der Waals surface area contributed by atoms with E-state index in [9.17, 15) is 18.0 Å². The van der Waals surface area contributed by atoms with E-state index in [4.69, 9.17) is 11.6 Å². The molecule has 98 valence electrons. The highest BCUT2D eigenvalue weighted by molar-refractivity contribution is 7.90. The highest BCUT2D eigenvalue weighted by Gasteiger charge is 2.16. The highest BCUT2D eigenvalue weighted by Crippen LogP contribution is 2.22. The van der Waals surface area contributed by atoms with Crippen LogP contribution in [0, 0.1) is 0 Å². The van der Waals surface area contributed by atoms with Crippen LogP contribution in [0.25, 0.3) is 0 Å². The molecule has 0 unspecified atom stereocenters. The predicted octanol–water partition coefficient (Wildman–Crippen LogP) is 2.30. The molecule has 0 aliphatic rings. The fraction of sp³-hybridized carbons (Fsp3) is 0.333. The Labute approximate surface area is 111 Å². The molecule has 0 aliphatic carbocycles. The monoisotopic (exact) mass is 288 g/mol. The van der Waals surface area contributed by atoms with E-state index in [0.717, 1.165) is 6.26 Å². The molecule has 0 atom stereocenters. The molecule has 0 amide bonds. The summed E-state index contributed by atoms with van der Waals surface area (Å²) < 4.78 is 22.6. The molecule has 0 heterocycles. The van der Waals surface area contributed by atoms with Crippen LogP contribution in [0.15, 0.2) is 23.1 Å². The molecule has 0 N–H and O–H groups in total. The maximum atomic E-state index is 11.7. The minimum absolute atomic E-state index is 0.0471. The maximum Gasteiger partial charge on any atom is 0.175 e. The van der Waals surface area contributed by atoms with Gasteiger partial charge in [0.05, 0.1) is 16.3 Å². The first-order valence-electron chi connectivity index (χ1n) is 5.30. The fourth-order valence-electron chi connectivity index (χ4n) is 1.35. The van der Waals surface area contributed by atoms with E-state index in [0.29, 0.717) is 0 Å². The van der Waals surface area contributed by atoms with Gasteiger partial charge in [0.15, 0.2) is 15.6 Å². The normalized spacial score (nSPS) is 11.3. The summed E-state index contributed by atoms with van der Waals surface area (Å²) in [4.78, 5) is 23.0. The van der Waals surface area contributed by atoms with Crippen molar-refractivity contribution in [1.29, 1.82) is 0 Å². The highest BCUT2D eigenvalue weighted by atomic mass is 35.5. The number of rotatable bonds is 5. The Morgan fingerprint density at radius 2 is 1.89 bits per heavy atom. The van der Waals surface area contributed by atoms with Crippen molar-refractivity contribution in [2.24, 2.45) is 0 Å². The minimum Gasteiger partial charge on any atom is -0.299 e. The van der Waals surface area contributed by atoms with Crippen molar-refractivity contribution in [3.8, 4) is 0 Å². The van der Waals surface area contributed by atoms with Gasteiger partial charge in [-0.05, 0) is 18.2 Å². The summed E-state index contributed by atoms with van der Waals surface area (Å²) >= 11 is 5.86. The van der Waals surface area contributed by atoms with Gasteiger partial charge in [-0.15, -0.1) is 0 Å². The van der Waals surface area contributed by atoms with E-state index in [1.165, 1.54) is 18.2 Å². The van der Waals surface area contributed by atoms with Gasteiger partial charge in [0.1, 0.15) is 5.78 Å². The molecular weight excluding hydrogens is 276 g/mol. The molecule has 0 saturated heterocycles. The number of halogens is 1. The molecule has 1 aromatic rings. The van der Waals surface area contributed by atoms with E-state index in [1.807, 2.05) is 0 Å². The largest absolute Gasteiger partial charge is 0.299 e. The zero-order chi connectivity index (χ0) is 13.9. The molecule has 0 aromatic heterocycles. The molecule has 0 spiro atoms. The topological polar surface area (TPSA) is 68.3 Å². The van der Waals surface area contributed by atoms with Gasteiger partial charge in [0, 0.05) is 18.2 Å². The first-order valence-corrected chi connectivity index (χ1v) is 7.57. The number of carbonyl (C=O) groups is 2. The van der Waals surface area contributed by atoms with E-state index < -0.39 is 15.6 Å². The van der Waals surface area contributed by atoms with Crippen LogP contribution in [0.1, 0.15) is 30.1 Å². The van der Waals surface area contributed by atoms with Crippen LogP contribution in [0.2, 0.25) is 5.02 Å². The Morgan fingerprint density at radius 1 is 1.28 bits per heavy atom. The van der Waals surface area contributed by atoms with Gasteiger partial charge in [-0.25, -0.2) is 8.42 Å². The average Bonchev–Trinajstić information content (AvgIpc) is 2.27. The summed E-state index contributed by atoms with van der Waals surface area (Å²) in [5, 5.41) is 0.0480. The maximum absolute atomic E-state index is 11.7. The van der Waals surface area contributed by atoms with Crippen LogP contribution in [0.5, 0.6) is 0 Å². The molecule has 0 radical (unpaired) electrons. The van der Waals surface area contributed by atoms with Crippen molar-refractivity contribution in [3.63, 3.8) is 0 Å². The van der Waals surface area contributed by atoms with E-state index in [2.05, 4.69) is 0 Å². The number of hydrogen-bond acceptors (Lipinski definition) is 4. The summed E-state index contributed by atoms with van der Waals surface area (Å²) in [6, 6.07) is 3.87. The number of benzene rings is 1. The third-order valence-corrected chi connectivity index (χ3v) is 3.84. The van der Waals surface area contributed by atoms with Gasteiger partial charge in [-0.1, -0.05) is 18.5 Å². The number of hydrogen-bond donors (Lipinski definition) is 0. The van der Waals surface area contributed by atoms with Crippen LogP contribution in [-0.2, 0) is 14.6 Å². The Bertz CT molecular complexity index is 590. The third-order valence-electron chi connectivity index (χ3n) is 2.42. The molecule has 18 heavy (non-hydrogen) atoms. The summed E-state index contributed by atoms with van der Waals surface area (Å²) in [6.45, 7) is 1.67. The first-order chi connectivity index (χ1) is 8.25. The second-order valence-corrected chi connectivity index (χ2v) is 6.33. The van der Waals surface area contributed by atoms with Crippen LogP contribution in [0.4, 0.5) is 0 Å². The summed E-state index contributed by atoms with van der Waals surface area (Å²) in [5.74, 6) is -0.574. The molecule has 1 aromatic carbocycles. The molecule has 4 nitrogen and oxygen atoms in total. The van der Waals surface area contributed by atoms with Crippen LogP contribution in [-0.4, -0.2) is 26.2 Å². The lowest BCUT2D eigenvalue weighted by molar-refractivity contribution is -0.117. The van der Waals surface area contributed by atoms with Crippen molar-refractivity contribution >= 4 is 33.0 Å². The second kappa shape index (κ2) is 5.63. The minimum atomic E-state index is -3.36. The zero-order valence-corrected chi connectivity index (χ0v) is 11.6. The van der Waals surface area contributed by atoms with Gasteiger partial charge >= 0.3 is 0 Å². The predicted molar refractivity (Wildman–Crippen MR) is 68.8 cm³/mol. The smallest absolute Gasteiger partial charge is 0.175 e. The van der Waals surface area contributed by atoms with Crippen molar-refractivity contribution in [2.75, 3.05) is 6.26 Å². The molecule has 1 rings (SSSR count). The van der Waals surface area contributed by atoms with Gasteiger partial charge < -0.3 is 0 Å². The molecule has 0 aliphatic heterocycles. The van der Waals surface area contributed by atoms with Crippen LogP contribution in [0.3, 0.4) is 0 Å². The van der Waals surface area contributed by atoms with Crippen molar-refractivity contribution in [2.45, 2.75) is 24.7 Å². The van der Waals surface area contributed by atoms with Crippen molar-refractivity contribution in [3.05, 3.63) is 28.8 Å². The Kier molecular flexibility index (Phi) is 4.65. The molecule has 0 saturated carbocycles. The standard InChI is InChI=1S/C12H13ClO4S/c1-3-8(14)6-12(15)10-5-4-9(7-11(10)13)18(2,16)17/h4-5,7H,3,6H2,1-2H3. The number of sulfone groups is 1. The van der Waals surface area contributed by atoms with E-state index >= 15 is 0 Å². The van der Waals surface area contributed by atoms with Crippen molar-refractivity contribution < 1.29 is 18.0 Å². The second-order valence-electron chi connectivity index (χ2n) is 3.91. The lowest BCUT2D eigenvalue weighted by atomic mass is 10.1. The molecule has 6 heteroatoms. The third kappa shape index (κ3) is 3.65. The van der Waals surface area contributed by atoms with Gasteiger partial charge in [-0.2, -0.15) is 0 Å². The number of carbonyl (C=O) groups excluding carboxylic acids is 2. The van der Waals surface area contributed by atoms with E-state index in [1.54, 1.807) is 6.92 Å². The lowest BCUT2D eigenvalue weighted by Crippen LogP contribution is -2.08.